The first-order chi connectivity index (χ1) is 9.72. The first-order valence-electron chi connectivity index (χ1n) is 6.21. The van der Waals surface area contributed by atoms with E-state index < -0.39 is 0 Å². The fourth-order valence-electron chi connectivity index (χ4n) is 2.06. The molecule has 0 fully saturated rings. The number of aromatic amines is 1. The van der Waals surface area contributed by atoms with Gasteiger partial charge in [0.2, 0.25) is 5.56 Å². The predicted octanol–water partition coefficient (Wildman–Crippen LogP) is 2.78. The van der Waals surface area contributed by atoms with Crippen LogP contribution in [0, 0.1) is 0 Å². The molecule has 0 radical (unpaired) electrons. The number of aromatic nitrogens is 1. The molecule has 1 amide bonds. The minimum atomic E-state index is -0.300. The zero-order chi connectivity index (χ0) is 13.9. The molecule has 0 atom stereocenters. The van der Waals surface area contributed by atoms with E-state index in [1.165, 1.54) is 12.3 Å². The summed E-state index contributed by atoms with van der Waals surface area (Å²) in [5, 5.41) is 4.95. The molecule has 0 saturated heterocycles. The molecular weight excluding hydrogens is 252 g/mol. The van der Waals surface area contributed by atoms with Crippen LogP contribution in [-0.2, 0) is 0 Å². The van der Waals surface area contributed by atoms with Crippen LogP contribution in [0.1, 0.15) is 10.4 Å². The van der Waals surface area contributed by atoms with E-state index >= 15 is 0 Å². The van der Waals surface area contributed by atoms with Gasteiger partial charge in [0, 0.05) is 23.5 Å². The van der Waals surface area contributed by atoms with Crippen LogP contribution >= 0.6 is 0 Å². The van der Waals surface area contributed by atoms with Gasteiger partial charge in [0.1, 0.15) is 0 Å². The summed E-state index contributed by atoms with van der Waals surface area (Å²) in [7, 11) is 0. The first kappa shape index (κ1) is 12.2. The number of hydrogen-bond acceptors (Lipinski definition) is 2. The third-order valence-electron chi connectivity index (χ3n) is 3.04. The molecule has 0 unspecified atom stereocenters. The van der Waals surface area contributed by atoms with Gasteiger partial charge in [0.15, 0.2) is 0 Å². The van der Waals surface area contributed by atoms with E-state index in [0.29, 0.717) is 11.3 Å². The van der Waals surface area contributed by atoms with Crippen LogP contribution in [0.4, 0.5) is 5.69 Å². The lowest BCUT2D eigenvalue weighted by Crippen LogP contribution is -2.15. The highest BCUT2D eigenvalue weighted by Crippen LogP contribution is 2.19. The van der Waals surface area contributed by atoms with E-state index in [-0.39, 0.29) is 11.5 Å². The van der Waals surface area contributed by atoms with Crippen molar-refractivity contribution in [2.24, 2.45) is 0 Å². The van der Waals surface area contributed by atoms with Crippen molar-refractivity contribution in [3.05, 3.63) is 76.7 Å². The van der Waals surface area contributed by atoms with E-state index in [0.717, 1.165) is 10.8 Å². The summed E-state index contributed by atoms with van der Waals surface area (Å²) in [6.45, 7) is 0. The second-order valence-electron chi connectivity index (χ2n) is 4.46. The van der Waals surface area contributed by atoms with E-state index in [9.17, 15) is 9.59 Å². The smallest absolute Gasteiger partial charge is 0.255 e. The number of pyridine rings is 1. The topological polar surface area (TPSA) is 62.0 Å². The van der Waals surface area contributed by atoms with Crippen LogP contribution in [-0.4, -0.2) is 10.9 Å². The fourth-order valence-corrected chi connectivity index (χ4v) is 2.06. The van der Waals surface area contributed by atoms with Gasteiger partial charge in [0.25, 0.3) is 5.91 Å². The molecule has 3 rings (SSSR count). The molecule has 0 aliphatic carbocycles. The summed E-state index contributed by atoms with van der Waals surface area (Å²) in [5.41, 5.74) is 0.743. The summed E-state index contributed by atoms with van der Waals surface area (Å²) in [4.78, 5) is 25.7. The van der Waals surface area contributed by atoms with Crippen LogP contribution < -0.4 is 10.9 Å². The molecule has 3 aromatic rings. The van der Waals surface area contributed by atoms with Crippen molar-refractivity contribution < 1.29 is 4.79 Å². The Labute approximate surface area is 115 Å². The van der Waals surface area contributed by atoms with Gasteiger partial charge in [-0.3, -0.25) is 9.59 Å². The number of rotatable bonds is 2. The molecule has 1 heterocycles. The van der Waals surface area contributed by atoms with Gasteiger partial charge in [-0.1, -0.05) is 30.3 Å². The lowest BCUT2D eigenvalue weighted by Gasteiger charge is -2.06. The van der Waals surface area contributed by atoms with Gasteiger partial charge >= 0.3 is 0 Å². The first-order valence-corrected chi connectivity index (χ1v) is 6.21. The van der Waals surface area contributed by atoms with Crippen molar-refractivity contribution in [2.75, 3.05) is 5.32 Å². The molecule has 98 valence electrons. The molecule has 0 aliphatic heterocycles. The largest absolute Gasteiger partial charge is 0.329 e. The average molecular weight is 264 g/mol. The quantitative estimate of drug-likeness (QED) is 0.747. The standard InChI is InChI=1S/C16H12N2O2/c19-15-10-13(7-8-17-15)16(20)18-14-6-5-11-3-1-2-4-12(11)9-14/h1-10H,(H,17,19)(H,18,20). The van der Waals surface area contributed by atoms with Crippen molar-refractivity contribution in [1.82, 2.24) is 4.98 Å². The lowest BCUT2D eigenvalue weighted by atomic mass is 10.1. The second kappa shape index (κ2) is 5.01. The van der Waals surface area contributed by atoms with Crippen LogP contribution in [0.2, 0.25) is 0 Å². The monoisotopic (exact) mass is 264 g/mol. The molecule has 0 bridgehead atoms. The number of hydrogen-bond donors (Lipinski definition) is 2. The van der Waals surface area contributed by atoms with Gasteiger partial charge in [-0.2, -0.15) is 0 Å². The molecular formula is C16H12N2O2. The highest BCUT2D eigenvalue weighted by Gasteiger charge is 2.06. The Balaban J connectivity index is 1.89. The minimum Gasteiger partial charge on any atom is -0.329 e. The summed E-state index contributed by atoms with van der Waals surface area (Å²) < 4.78 is 0. The fraction of sp³-hybridized carbons (Fsp3) is 0. The molecule has 0 spiro atoms. The van der Waals surface area contributed by atoms with Crippen molar-refractivity contribution in [2.45, 2.75) is 0 Å². The molecule has 4 heteroatoms. The Morgan fingerprint density at radius 1 is 0.950 bits per heavy atom. The Morgan fingerprint density at radius 2 is 1.75 bits per heavy atom. The highest BCUT2D eigenvalue weighted by atomic mass is 16.2. The number of carbonyl (C=O) groups excluding carboxylic acids is 1. The maximum Gasteiger partial charge on any atom is 0.255 e. The number of benzene rings is 2. The van der Waals surface area contributed by atoms with Crippen molar-refractivity contribution in [3.63, 3.8) is 0 Å². The number of amides is 1. The third kappa shape index (κ3) is 2.44. The number of nitrogens with one attached hydrogen (secondary N) is 2. The zero-order valence-corrected chi connectivity index (χ0v) is 10.6. The van der Waals surface area contributed by atoms with E-state index in [4.69, 9.17) is 0 Å². The van der Waals surface area contributed by atoms with E-state index in [1.807, 2.05) is 42.5 Å². The van der Waals surface area contributed by atoms with Gasteiger partial charge in [-0.05, 0) is 29.0 Å². The van der Waals surface area contributed by atoms with Crippen molar-refractivity contribution in [3.8, 4) is 0 Å². The molecule has 1 aromatic heterocycles. The lowest BCUT2D eigenvalue weighted by molar-refractivity contribution is 0.102. The van der Waals surface area contributed by atoms with Crippen molar-refractivity contribution in [1.29, 1.82) is 0 Å². The summed E-state index contributed by atoms with van der Waals surface area (Å²) in [6, 6.07) is 16.4. The molecule has 20 heavy (non-hydrogen) atoms. The van der Waals surface area contributed by atoms with Gasteiger partial charge in [-0.15, -0.1) is 0 Å². The molecule has 0 saturated carbocycles. The number of H-pyrrole nitrogens is 1. The summed E-state index contributed by atoms with van der Waals surface area (Å²) in [6.07, 6.45) is 1.46. The Bertz CT molecular complexity index is 837. The summed E-state index contributed by atoms with van der Waals surface area (Å²) >= 11 is 0. The van der Waals surface area contributed by atoms with E-state index in [1.54, 1.807) is 6.07 Å². The number of fused-ring (bicyclic) bond motifs is 1. The minimum absolute atomic E-state index is 0.295. The Kier molecular flexibility index (Phi) is 3.05. The van der Waals surface area contributed by atoms with Crippen molar-refractivity contribution >= 4 is 22.4 Å². The number of carbonyl (C=O) groups is 1. The molecule has 4 nitrogen and oxygen atoms in total. The maximum atomic E-state index is 12.0. The van der Waals surface area contributed by atoms with Crippen LogP contribution in [0.25, 0.3) is 10.8 Å². The SMILES string of the molecule is O=C(Nc1ccc2ccccc2c1)c1cc[nH]c(=O)c1. The van der Waals surface area contributed by atoms with Crippen LogP contribution in [0.15, 0.2) is 65.6 Å². The Hall–Kier alpha value is -2.88. The summed E-state index contributed by atoms with van der Waals surface area (Å²) in [5.74, 6) is -0.300. The van der Waals surface area contributed by atoms with Gasteiger partial charge < -0.3 is 10.3 Å². The predicted molar refractivity (Wildman–Crippen MR) is 79.0 cm³/mol. The Morgan fingerprint density at radius 3 is 2.55 bits per heavy atom. The third-order valence-corrected chi connectivity index (χ3v) is 3.04. The highest BCUT2D eigenvalue weighted by molar-refractivity contribution is 6.05. The molecule has 0 aliphatic rings. The van der Waals surface area contributed by atoms with Crippen LogP contribution in [0.5, 0.6) is 0 Å². The number of anilines is 1. The van der Waals surface area contributed by atoms with Gasteiger partial charge in [-0.25, -0.2) is 0 Å². The second-order valence-corrected chi connectivity index (χ2v) is 4.46. The maximum absolute atomic E-state index is 12.0. The molecule has 2 N–H and O–H groups in total. The average Bonchev–Trinajstić information content (AvgIpc) is 2.47. The molecule has 2 aromatic carbocycles. The van der Waals surface area contributed by atoms with E-state index in [2.05, 4.69) is 10.3 Å². The normalized spacial score (nSPS) is 10.4. The van der Waals surface area contributed by atoms with Gasteiger partial charge in [0.05, 0.1) is 0 Å². The van der Waals surface area contributed by atoms with Crippen LogP contribution in [0.3, 0.4) is 0 Å². The zero-order valence-electron chi connectivity index (χ0n) is 10.6.